The van der Waals surface area contributed by atoms with Crippen molar-refractivity contribution in [3.63, 3.8) is 0 Å². The lowest BCUT2D eigenvalue weighted by Gasteiger charge is -2.12. The number of nitrogens with zero attached hydrogens (tertiary/aromatic N) is 2. The van der Waals surface area contributed by atoms with E-state index in [9.17, 15) is 5.11 Å². The van der Waals surface area contributed by atoms with Crippen molar-refractivity contribution in [2.45, 2.75) is 38.7 Å². The second-order valence-corrected chi connectivity index (χ2v) is 5.56. The van der Waals surface area contributed by atoms with Crippen molar-refractivity contribution in [1.82, 2.24) is 10.1 Å². The molecular formula is C14H16Cl2N2O2. The van der Waals surface area contributed by atoms with E-state index in [1.165, 1.54) is 0 Å². The summed E-state index contributed by atoms with van der Waals surface area (Å²) < 4.78 is 5.22. The molecule has 0 amide bonds. The fourth-order valence-electron chi connectivity index (χ4n) is 2.05. The number of rotatable bonds is 5. The first kappa shape index (κ1) is 15.3. The minimum atomic E-state index is -0.521. The zero-order chi connectivity index (χ0) is 14.7. The highest BCUT2D eigenvalue weighted by molar-refractivity contribution is 6.35. The molecule has 20 heavy (non-hydrogen) atoms. The predicted molar refractivity (Wildman–Crippen MR) is 78.3 cm³/mol. The average molecular weight is 315 g/mol. The van der Waals surface area contributed by atoms with Crippen LogP contribution in [0.2, 0.25) is 10.0 Å². The number of aromatic nitrogens is 2. The predicted octanol–water partition coefficient (Wildman–Crippen LogP) is 3.84. The summed E-state index contributed by atoms with van der Waals surface area (Å²) in [6.45, 7) is 3.69. The highest BCUT2D eigenvalue weighted by Crippen LogP contribution is 2.25. The van der Waals surface area contributed by atoms with E-state index in [4.69, 9.17) is 27.7 Å². The summed E-state index contributed by atoms with van der Waals surface area (Å²) >= 11 is 12.0. The van der Waals surface area contributed by atoms with Crippen LogP contribution in [-0.4, -0.2) is 21.4 Å². The van der Waals surface area contributed by atoms with Gasteiger partial charge in [0, 0.05) is 16.5 Å². The Morgan fingerprint density at radius 3 is 2.70 bits per heavy atom. The Morgan fingerprint density at radius 2 is 2.10 bits per heavy atom. The monoisotopic (exact) mass is 314 g/mol. The van der Waals surface area contributed by atoms with Crippen molar-refractivity contribution in [1.29, 1.82) is 0 Å². The van der Waals surface area contributed by atoms with Gasteiger partial charge in [0.1, 0.15) is 0 Å². The van der Waals surface area contributed by atoms with Gasteiger partial charge in [-0.15, -0.1) is 0 Å². The first-order valence-corrected chi connectivity index (χ1v) is 7.21. The lowest BCUT2D eigenvalue weighted by molar-refractivity contribution is 0.141. The standard InChI is InChI=1S/C14H16Cl2N2O2/c1-3-11(8(2)19)14-17-13(18-20-14)6-9-4-5-10(15)7-12(9)16/h4-5,7-8,11,19H,3,6H2,1-2H3. The zero-order valence-electron chi connectivity index (χ0n) is 11.3. The summed E-state index contributed by atoms with van der Waals surface area (Å²) in [4.78, 5) is 4.33. The smallest absolute Gasteiger partial charge is 0.232 e. The Morgan fingerprint density at radius 1 is 1.35 bits per heavy atom. The summed E-state index contributed by atoms with van der Waals surface area (Å²) in [6, 6.07) is 5.30. The van der Waals surface area contributed by atoms with Crippen LogP contribution in [0.1, 0.15) is 43.5 Å². The molecule has 108 valence electrons. The number of aliphatic hydroxyl groups is 1. The van der Waals surface area contributed by atoms with Crippen LogP contribution in [0.3, 0.4) is 0 Å². The van der Waals surface area contributed by atoms with Crippen molar-refractivity contribution >= 4 is 23.2 Å². The molecule has 6 heteroatoms. The third-order valence-corrected chi connectivity index (χ3v) is 3.77. The molecule has 0 spiro atoms. The van der Waals surface area contributed by atoms with Crippen molar-refractivity contribution in [2.75, 3.05) is 0 Å². The first-order chi connectivity index (χ1) is 9.51. The molecule has 2 unspecified atom stereocenters. The van der Waals surface area contributed by atoms with Crippen LogP contribution in [0, 0.1) is 0 Å². The van der Waals surface area contributed by atoms with Crippen molar-refractivity contribution in [2.24, 2.45) is 0 Å². The molecule has 0 bridgehead atoms. The molecule has 0 saturated carbocycles. The van der Waals surface area contributed by atoms with Crippen LogP contribution in [0.25, 0.3) is 0 Å². The molecular weight excluding hydrogens is 299 g/mol. The highest BCUT2D eigenvalue weighted by Gasteiger charge is 2.22. The lowest BCUT2D eigenvalue weighted by atomic mass is 10.0. The maximum atomic E-state index is 9.68. The Hall–Kier alpha value is -1.10. The molecule has 0 aliphatic rings. The molecule has 0 radical (unpaired) electrons. The van der Waals surface area contributed by atoms with Crippen molar-refractivity contribution < 1.29 is 9.63 Å². The van der Waals surface area contributed by atoms with Gasteiger partial charge in [-0.2, -0.15) is 4.98 Å². The van der Waals surface area contributed by atoms with E-state index in [1.54, 1.807) is 19.1 Å². The van der Waals surface area contributed by atoms with Crippen molar-refractivity contribution in [3.05, 3.63) is 45.5 Å². The van der Waals surface area contributed by atoms with Gasteiger partial charge in [-0.1, -0.05) is 41.3 Å². The van der Waals surface area contributed by atoms with Gasteiger partial charge in [0.25, 0.3) is 0 Å². The van der Waals surface area contributed by atoms with Gasteiger partial charge >= 0.3 is 0 Å². The molecule has 2 atom stereocenters. The second-order valence-electron chi connectivity index (χ2n) is 4.72. The third kappa shape index (κ3) is 3.51. The number of hydrogen-bond donors (Lipinski definition) is 1. The highest BCUT2D eigenvalue weighted by atomic mass is 35.5. The van der Waals surface area contributed by atoms with Gasteiger partial charge in [0.2, 0.25) is 5.89 Å². The van der Waals surface area contributed by atoms with E-state index < -0.39 is 6.10 Å². The summed E-state index contributed by atoms with van der Waals surface area (Å²) in [5.74, 6) is 0.864. The fourth-order valence-corrected chi connectivity index (χ4v) is 2.52. The molecule has 0 aliphatic heterocycles. The molecule has 0 fully saturated rings. The normalized spacial score (nSPS) is 14.2. The van der Waals surface area contributed by atoms with Gasteiger partial charge in [0.05, 0.1) is 12.0 Å². The van der Waals surface area contributed by atoms with Gasteiger partial charge in [0.15, 0.2) is 5.82 Å². The minimum Gasteiger partial charge on any atom is -0.393 e. The summed E-state index contributed by atoms with van der Waals surface area (Å²) in [5, 5.41) is 14.8. The molecule has 1 aromatic carbocycles. The van der Waals surface area contributed by atoms with Crippen LogP contribution in [0.5, 0.6) is 0 Å². The minimum absolute atomic E-state index is 0.142. The first-order valence-electron chi connectivity index (χ1n) is 6.45. The maximum absolute atomic E-state index is 9.68. The molecule has 0 saturated heterocycles. The number of benzene rings is 1. The summed E-state index contributed by atoms with van der Waals surface area (Å²) in [5.41, 5.74) is 0.883. The Bertz CT molecular complexity index is 584. The Balaban J connectivity index is 2.17. The van der Waals surface area contributed by atoms with Gasteiger partial charge in [-0.3, -0.25) is 0 Å². The van der Waals surface area contributed by atoms with Crippen LogP contribution < -0.4 is 0 Å². The number of hydrogen-bond acceptors (Lipinski definition) is 4. The summed E-state index contributed by atoms with van der Waals surface area (Å²) in [6.07, 6.45) is 0.684. The average Bonchev–Trinajstić information content (AvgIpc) is 2.81. The molecule has 1 heterocycles. The molecule has 0 aliphatic carbocycles. The maximum Gasteiger partial charge on any atom is 0.232 e. The molecule has 2 aromatic rings. The largest absolute Gasteiger partial charge is 0.393 e. The van der Waals surface area contributed by atoms with Crippen LogP contribution >= 0.6 is 23.2 Å². The molecule has 1 N–H and O–H groups in total. The van der Waals surface area contributed by atoms with Gasteiger partial charge < -0.3 is 9.63 Å². The zero-order valence-corrected chi connectivity index (χ0v) is 12.8. The Kier molecular flexibility index (Phi) is 5.02. The topological polar surface area (TPSA) is 59.2 Å². The number of halogens is 2. The van der Waals surface area contributed by atoms with E-state index in [-0.39, 0.29) is 5.92 Å². The quantitative estimate of drug-likeness (QED) is 0.910. The van der Waals surface area contributed by atoms with Gasteiger partial charge in [-0.25, -0.2) is 0 Å². The van der Waals surface area contributed by atoms with E-state index in [0.717, 1.165) is 12.0 Å². The van der Waals surface area contributed by atoms with E-state index in [0.29, 0.717) is 28.2 Å². The van der Waals surface area contributed by atoms with Crippen LogP contribution in [0.4, 0.5) is 0 Å². The van der Waals surface area contributed by atoms with Crippen LogP contribution in [-0.2, 0) is 6.42 Å². The molecule has 1 aromatic heterocycles. The van der Waals surface area contributed by atoms with E-state index in [2.05, 4.69) is 10.1 Å². The third-order valence-electron chi connectivity index (χ3n) is 3.19. The van der Waals surface area contributed by atoms with E-state index >= 15 is 0 Å². The lowest BCUT2D eigenvalue weighted by Crippen LogP contribution is -2.14. The van der Waals surface area contributed by atoms with Gasteiger partial charge in [-0.05, 0) is 31.0 Å². The summed E-state index contributed by atoms with van der Waals surface area (Å²) in [7, 11) is 0. The second kappa shape index (κ2) is 6.57. The molecule has 2 rings (SSSR count). The van der Waals surface area contributed by atoms with E-state index in [1.807, 2.05) is 13.0 Å². The van der Waals surface area contributed by atoms with Crippen molar-refractivity contribution in [3.8, 4) is 0 Å². The number of aliphatic hydroxyl groups excluding tert-OH is 1. The fraction of sp³-hybridized carbons (Fsp3) is 0.429. The Labute approximate surface area is 127 Å². The molecule has 4 nitrogen and oxygen atoms in total. The SMILES string of the molecule is CCC(c1nc(Cc2ccc(Cl)cc2Cl)no1)C(C)O. The van der Waals surface area contributed by atoms with Crippen LogP contribution in [0.15, 0.2) is 22.7 Å².